The van der Waals surface area contributed by atoms with E-state index in [0.717, 1.165) is 38.4 Å². The molecule has 2 fully saturated rings. The van der Waals surface area contributed by atoms with Crippen LogP contribution in [0, 0.1) is 23.2 Å². The Morgan fingerprint density at radius 1 is 1.35 bits per heavy atom. The predicted octanol–water partition coefficient (Wildman–Crippen LogP) is 4.20. The van der Waals surface area contributed by atoms with E-state index in [0.29, 0.717) is 31.1 Å². The molecule has 0 aromatic rings. The standard InChI is InChI=1S/C22H34O4/c1-5-21(3,4)20(25)26-22(18-8-6-7-14(18)2)13-16-11-15(9-10-23)12-17(16)19(22)24/h10,15-17,19,24H,5-9,11-13H2,1-4H3. The van der Waals surface area contributed by atoms with Crippen LogP contribution >= 0.6 is 0 Å². The third-order valence-electron chi connectivity index (χ3n) is 7.44. The number of aliphatic hydroxyl groups excluding tert-OH is 1. The van der Waals surface area contributed by atoms with Crippen molar-refractivity contribution in [3.8, 4) is 0 Å². The van der Waals surface area contributed by atoms with Crippen LogP contribution in [0.25, 0.3) is 0 Å². The van der Waals surface area contributed by atoms with Gasteiger partial charge in [0.25, 0.3) is 0 Å². The van der Waals surface area contributed by atoms with Crippen LogP contribution in [-0.4, -0.2) is 29.1 Å². The Morgan fingerprint density at radius 2 is 2.08 bits per heavy atom. The third-order valence-corrected chi connectivity index (χ3v) is 7.44. The van der Waals surface area contributed by atoms with Crippen LogP contribution in [0.2, 0.25) is 0 Å². The van der Waals surface area contributed by atoms with Crippen LogP contribution in [0.1, 0.15) is 79.1 Å². The van der Waals surface area contributed by atoms with Gasteiger partial charge in [0.2, 0.25) is 0 Å². The van der Waals surface area contributed by atoms with Crippen LogP contribution in [-0.2, 0) is 14.3 Å². The summed E-state index contributed by atoms with van der Waals surface area (Å²) in [6.07, 6.45) is 7.21. The van der Waals surface area contributed by atoms with Crippen LogP contribution in [0.15, 0.2) is 11.1 Å². The van der Waals surface area contributed by atoms with Gasteiger partial charge in [-0.1, -0.05) is 12.5 Å². The molecule has 3 aliphatic rings. The number of hydrogen-bond acceptors (Lipinski definition) is 4. The summed E-state index contributed by atoms with van der Waals surface area (Å²) in [5.41, 5.74) is 1.07. The smallest absolute Gasteiger partial charge is 0.312 e. The minimum Gasteiger partial charge on any atom is -0.451 e. The molecule has 2 saturated carbocycles. The highest BCUT2D eigenvalue weighted by atomic mass is 16.6. The van der Waals surface area contributed by atoms with E-state index in [1.807, 2.05) is 20.8 Å². The molecule has 3 aliphatic carbocycles. The van der Waals surface area contributed by atoms with Crippen molar-refractivity contribution in [2.24, 2.45) is 23.2 Å². The van der Waals surface area contributed by atoms with Crippen LogP contribution in [0.5, 0.6) is 0 Å². The molecule has 26 heavy (non-hydrogen) atoms. The Balaban J connectivity index is 1.91. The van der Waals surface area contributed by atoms with Crippen molar-refractivity contribution in [3.63, 3.8) is 0 Å². The predicted molar refractivity (Wildman–Crippen MR) is 100 cm³/mol. The van der Waals surface area contributed by atoms with Crippen molar-refractivity contribution >= 4 is 12.3 Å². The summed E-state index contributed by atoms with van der Waals surface area (Å²) in [4.78, 5) is 23.8. The fourth-order valence-electron chi connectivity index (χ4n) is 5.46. The molecule has 0 saturated heterocycles. The lowest BCUT2D eigenvalue weighted by Gasteiger charge is -2.39. The van der Waals surface area contributed by atoms with Gasteiger partial charge in [0.15, 0.2) is 5.60 Å². The Bertz CT molecular complexity index is 605. The number of fused-ring (bicyclic) bond motifs is 1. The van der Waals surface area contributed by atoms with E-state index in [9.17, 15) is 14.7 Å². The molecule has 3 rings (SSSR count). The lowest BCUT2D eigenvalue weighted by Crippen LogP contribution is -2.48. The first-order valence-corrected chi connectivity index (χ1v) is 10.3. The molecule has 0 amide bonds. The quantitative estimate of drug-likeness (QED) is 0.437. The summed E-state index contributed by atoms with van der Waals surface area (Å²) in [5.74, 6) is 0.652. The van der Waals surface area contributed by atoms with Crippen molar-refractivity contribution in [2.75, 3.05) is 0 Å². The average Bonchev–Trinajstić information content (AvgIpc) is 3.25. The monoisotopic (exact) mass is 362 g/mol. The fourth-order valence-corrected chi connectivity index (χ4v) is 5.46. The van der Waals surface area contributed by atoms with Crippen LogP contribution in [0.4, 0.5) is 0 Å². The number of ether oxygens (including phenoxy) is 1. The molecule has 5 atom stereocenters. The van der Waals surface area contributed by atoms with Crippen molar-refractivity contribution in [2.45, 2.75) is 90.8 Å². The zero-order valence-corrected chi connectivity index (χ0v) is 16.7. The molecule has 5 unspecified atom stereocenters. The maximum atomic E-state index is 13.0. The number of esters is 1. The first-order valence-electron chi connectivity index (χ1n) is 10.3. The summed E-state index contributed by atoms with van der Waals surface area (Å²) in [7, 11) is 0. The van der Waals surface area contributed by atoms with Gasteiger partial charge < -0.3 is 14.6 Å². The Kier molecular flexibility index (Phi) is 5.35. The van der Waals surface area contributed by atoms with Gasteiger partial charge in [-0.25, -0.2) is 0 Å². The first-order chi connectivity index (χ1) is 12.2. The Labute approximate surface area is 157 Å². The van der Waals surface area contributed by atoms with E-state index in [1.54, 1.807) is 0 Å². The number of carbonyl (C=O) groups excluding carboxylic acids is 2. The lowest BCUT2D eigenvalue weighted by atomic mass is 9.82. The number of rotatable bonds is 6. The van der Waals surface area contributed by atoms with E-state index in [1.165, 1.54) is 11.1 Å². The Hall–Kier alpha value is -1.16. The minimum atomic E-state index is -0.842. The molecule has 4 heteroatoms. The van der Waals surface area contributed by atoms with E-state index in [2.05, 4.69) is 6.92 Å². The van der Waals surface area contributed by atoms with Crippen molar-refractivity contribution in [1.29, 1.82) is 0 Å². The molecule has 0 aromatic heterocycles. The van der Waals surface area contributed by atoms with Crippen molar-refractivity contribution in [3.05, 3.63) is 11.1 Å². The SMILES string of the molecule is CCC(C)(C)C(=O)OC1(C2=C(C)CCC2)CC2CC(CC=O)CC2C1O. The summed E-state index contributed by atoms with van der Waals surface area (Å²) >= 11 is 0. The molecule has 4 nitrogen and oxygen atoms in total. The van der Waals surface area contributed by atoms with Gasteiger partial charge in [0.05, 0.1) is 5.41 Å². The summed E-state index contributed by atoms with van der Waals surface area (Å²) in [6.45, 7) is 7.96. The second kappa shape index (κ2) is 7.10. The molecule has 0 aromatic carbocycles. The topological polar surface area (TPSA) is 63.6 Å². The number of hydrogen-bond donors (Lipinski definition) is 1. The van der Waals surface area contributed by atoms with Crippen molar-refractivity contribution < 1.29 is 19.4 Å². The molecule has 0 aliphatic heterocycles. The summed E-state index contributed by atoms with van der Waals surface area (Å²) < 4.78 is 6.24. The summed E-state index contributed by atoms with van der Waals surface area (Å²) in [6, 6.07) is 0. The van der Waals surface area contributed by atoms with E-state index < -0.39 is 17.1 Å². The van der Waals surface area contributed by atoms with Gasteiger partial charge in [0, 0.05) is 6.42 Å². The molecule has 0 bridgehead atoms. The molecule has 1 N–H and O–H groups in total. The Morgan fingerprint density at radius 3 is 2.62 bits per heavy atom. The summed E-state index contributed by atoms with van der Waals surface area (Å²) in [5, 5.41) is 11.4. The maximum Gasteiger partial charge on any atom is 0.312 e. The van der Waals surface area contributed by atoms with Crippen LogP contribution < -0.4 is 0 Å². The van der Waals surface area contributed by atoms with Gasteiger partial charge in [-0.05, 0) is 89.0 Å². The zero-order chi connectivity index (χ0) is 19.1. The van der Waals surface area contributed by atoms with Crippen LogP contribution in [0.3, 0.4) is 0 Å². The molecular weight excluding hydrogens is 328 g/mol. The highest BCUT2D eigenvalue weighted by molar-refractivity contribution is 5.77. The molecule has 0 heterocycles. The number of aliphatic hydroxyl groups is 1. The lowest BCUT2D eigenvalue weighted by molar-refractivity contribution is -0.176. The van der Waals surface area contributed by atoms with E-state index in [4.69, 9.17) is 4.74 Å². The molecule has 146 valence electrons. The van der Waals surface area contributed by atoms with Gasteiger partial charge in [-0.2, -0.15) is 0 Å². The van der Waals surface area contributed by atoms with Gasteiger partial charge in [0.1, 0.15) is 12.4 Å². The highest BCUT2D eigenvalue weighted by Gasteiger charge is 2.61. The highest BCUT2D eigenvalue weighted by Crippen LogP contribution is 2.57. The zero-order valence-electron chi connectivity index (χ0n) is 16.7. The second-order valence-electron chi connectivity index (χ2n) is 9.44. The minimum absolute atomic E-state index is 0.137. The van der Waals surface area contributed by atoms with Gasteiger partial charge >= 0.3 is 5.97 Å². The number of carbonyl (C=O) groups is 2. The van der Waals surface area contributed by atoms with Gasteiger partial charge in [-0.3, -0.25) is 4.79 Å². The molecule has 0 spiro atoms. The normalized spacial score (nSPS) is 37.1. The third kappa shape index (κ3) is 3.15. The van der Waals surface area contributed by atoms with E-state index >= 15 is 0 Å². The average molecular weight is 363 g/mol. The molecule has 0 radical (unpaired) electrons. The number of allylic oxidation sites excluding steroid dienone is 1. The number of aldehydes is 1. The molecular formula is C22H34O4. The van der Waals surface area contributed by atoms with Crippen molar-refractivity contribution in [1.82, 2.24) is 0 Å². The van der Waals surface area contributed by atoms with Gasteiger partial charge in [-0.15, -0.1) is 0 Å². The fraction of sp³-hybridized carbons (Fsp3) is 0.818. The largest absolute Gasteiger partial charge is 0.451 e. The second-order valence-corrected chi connectivity index (χ2v) is 9.44. The first kappa shape index (κ1) is 19.6. The maximum absolute atomic E-state index is 13.0. The van der Waals surface area contributed by atoms with E-state index in [-0.39, 0.29) is 11.9 Å².